The van der Waals surface area contributed by atoms with Gasteiger partial charge in [0.25, 0.3) is 5.91 Å². The maximum Gasteiger partial charge on any atom is 0.419 e. The van der Waals surface area contributed by atoms with Gasteiger partial charge in [0.15, 0.2) is 0 Å². The summed E-state index contributed by atoms with van der Waals surface area (Å²) in [6, 6.07) is 2.15. The number of amides is 1. The molecule has 0 bridgehead atoms. The number of hydrogen-bond acceptors (Lipinski definition) is 3. The molecule has 3 rings (SSSR count). The minimum absolute atomic E-state index is 0.201. The number of benzene rings is 1. The van der Waals surface area contributed by atoms with E-state index in [2.05, 4.69) is 10.3 Å². The van der Waals surface area contributed by atoms with E-state index in [4.69, 9.17) is 0 Å². The van der Waals surface area contributed by atoms with Crippen molar-refractivity contribution in [2.45, 2.75) is 24.9 Å². The Balaban J connectivity index is 1.93. The van der Waals surface area contributed by atoms with Crippen molar-refractivity contribution in [1.29, 1.82) is 0 Å². The fraction of sp³-hybridized carbons (Fsp3) is 0.250. The Morgan fingerprint density at radius 1 is 1.29 bits per heavy atom. The summed E-state index contributed by atoms with van der Waals surface area (Å²) >= 11 is 0. The van der Waals surface area contributed by atoms with E-state index >= 15 is 0 Å². The molecule has 0 aliphatic heterocycles. The molecular formula is C16H12F4N2O2. The fourth-order valence-corrected chi connectivity index (χ4v) is 2.40. The second-order valence-electron chi connectivity index (χ2n) is 5.54. The SMILES string of the molecule is O=C(Nc1cc(C(F)(F)F)c(F)cc1O)c1ccncc1C1CC1. The van der Waals surface area contributed by atoms with Gasteiger partial charge in [0.1, 0.15) is 11.6 Å². The van der Waals surface area contributed by atoms with Crippen molar-refractivity contribution in [3.63, 3.8) is 0 Å². The van der Waals surface area contributed by atoms with Crippen molar-refractivity contribution in [3.8, 4) is 5.75 Å². The Morgan fingerprint density at radius 3 is 2.62 bits per heavy atom. The average molecular weight is 340 g/mol. The molecule has 2 aromatic rings. The monoisotopic (exact) mass is 340 g/mol. The topological polar surface area (TPSA) is 62.2 Å². The van der Waals surface area contributed by atoms with Crippen LogP contribution in [0.5, 0.6) is 5.75 Å². The van der Waals surface area contributed by atoms with E-state index in [0.717, 1.165) is 12.8 Å². The van der Waals surface area contributed by atoms with E-state index < -0.39 is 34.9 Å². The molecule has 4 nitrogen and oxygen atoms in total. The molecule has 1 aromatic carbocycles. The van der Waals surface area contributed by atoms with Crippen molar-refractivity contribution < 1.29 is 27.5 Å². The number of rotatable bonds is 3. The zero-order valence-electron chi connectivity index (χ0n) is 12.2. The highest BCUT2D eigenvalue weighted by Gasteiger charge is 2.35. The number of nitrogens with zero attached hydrogens (tertiary/aromatic N) is 1. The van der Waals surface area contributed by atoms with Crippen LogP contribution in [0, 0.1) is 5.82 Å². The van der Waals surface area contributed by atoms with Crippen LogP contribution in [0.25, 0.3) is 0 Å². The smallest absolute Gasteiger partial charge is 0.419 e. The Hall–Kier alpha value is -2.64. The largest absolute Gasteiger partial charge is 0.506 e. The summed E-state index contributed by atoms with van der Waals surface area (Å²) < 4.78 is 51.6. The van der Waals surface area contributed by atoms with Crippen molar-refractivity contribution in [3.05, 3.63) is 53.1 Å². The third-order valence-corrected chi connectivity index (χ3v) is 3.75. The first-order valence-electron chi connectivity index (χ1n) is 7.12. The number of halogens is 4. The van der Waals surface area contributed by atoms with E-state index in [9.17, 15) is 27.5 Å². The molecule has 0 atom stereocenters. The molecule has 1 aliphatic rings. The Morgan fingerprint density at radius 2 is 2.00 bits per heavy atom. The second-order valence-corrected chi connectivity index (χ2v) is 5.54. The predicted molar refractivity (Wildman–Crippen MR) is 77.2 cm³/mol. The summed E-state index contributed by atoms with van der Waals surface area (Å²) in [4.78, 5) is 16.3. The highest BCUT2D eigenvalue weighted by atomic mass is 19.4. The van der Waals surface area contributed by atoms with Crippen LogP contribution < -0.4 is 5.32 Å². The number of phenolic OH excluding ortho intramolecular Hbond substituents is 1. The summed E-state index contributed by atoms with van der Waals surface area (Å²) in [5.74, 6) is -2.88. The van der Waals surface area contributed by atoms with Gasteiger partial charge in [-0.15, -0.1) is 0 Å². The molecule has 0 saturated heterocycles. The molecule has 0 unspecified atom stereocenters. The molecule has 1 amide bonds. The minimum Gasteiger partial charge on any atom is -0.506 e. The number of nitrogens with one attached hydrogen (secondary N) is 1. The molecule has 24 heavy (non-hydrogen) atoms. The molecular weight excluding hydrogens is 328 g/mol. The van der Waals surface area contributed by atoms with Gasteiger partial charge >= 0.3 is 6.18 Å². The van der Waals surface area contributed by atoms with E-state index in [1.54, 1.807) is 0 Å². The predicted octanol–water partition coefficient (Wildman–Crippen LogP) is 4.07. The molecule has 8 heteroatoms. The molecule has 1 fully saturated rings. The molecule has 1 aromatic heterocycles. The summed E-state index contributed by atoms with van der Waals surface area (Å²) in [5.41, 5.74) is -1.10. The summed E-state index contributed by atoms with van der Waals surface area (Å²) in [7, 11) is 0. The molecule has 126 valence electrons. The van der Waals surface area contributed by atoms with Crippen LogP contribution >= 0.6 is 0 Å². The van der Waals surface area contributed by atoms with Crippen LogP contribution in [0.4, 0.5) is 23.2 Å². The lowest BCUT2D eigenvalue weighted by Crippen LogP contribution is -2.16. The lowest BCUT2D eigenvalue weighted by molar-refractivity contribution is -0.139. The Kier molecular flexibility index (Phi) is 3.90. The van der Waals surface area contributed by atoms with Crippen LogP contribution in [-0.4, -0.2) is 16.0 Å². The van der Waals surface area contributed by atoms with Crippen LogP contribution in [0.15, 0.2) is 30.6 Å². The third kappa shape index (κ3) is 3.17. The Bertz CT molecular complexity index is 801. The quantitative estimate of drug-likeness (QED) is 0.654. The van der Waals surface area contributed by atoms with E-state index in [1.807, 2.05) is 0 Å². The van der Waals surface area contributed by atoms with Gasteiger partial charge in [0.05, 0.1) is 11.3 Å². The zero-order chi connectivity index (χ0) is 17.5. The number of anilines is 1. The maximum atomic E-state index is 13.4. The number of aromatic hydroxyl groups is 1. The first-order chi connectivity index (χ1) is 11.3. The first kappa shape index (κ1) is 16.2. The molecule has 0 spiro atoms. The van der Waals surface area contributed by atoms with E-state index in [0.29, 0.717) is 17.7 Å². The van der Waals surface area contributed by atoms with Gasteiger partial charge in [0.2, 0.25) is 0 Å². The molecule has 1 saturated carbocycles. The van der Waals surface area contributed by atoms with Gasteiger partial charge in [-0.05, 0) is 36.5 Å². The standard InChI is InChI=1S/C16H12F4N2O2/c17-12-6-14(23)13(5-11(12)16(18,19)20)22-15(24)9-3-4-21-7-10(9)8-1-2-8/h3-8,23H,1-2H2,(H,22,24). The first-order valence-corrected chi connectivity index (χ1v) is 7.12. The average Bonchev–Trinajstić information content (AvgIpc) is 3.33. The number of phenols is 1. The number of pyridine rings is 1. The van der Waals surface area contributed by atoms with Crippen molar-refractivity contribution in [2.75, 3.05) is 5.32 Å². The summed E-state index contributed by atoms with van der Waals surface area (Å²) in [6.45, 7) is 0. The van der Waals surface area contributed by atoms with Crippen LogP contribution in [0.2, 0.25) is 0 Å². The van der Waals surface area contributed by atoms with Crippen molar-refractivity contribution in [1.82, 2.24) is 4.98 Å². The van der Waals surface area contributed by atoms with Gasteiger partial charge in [-0.1, -0.05) is 0 Å². The van der Waals surface area contributed by atoms with Gasteiger partial charge in [-0.3, -0.25) is 9.78 Å². The van der Waals surface area contributed by atoms with Gasteiger partial charge < -0.3 is 10.4 Å². The van der Waals surface area contributed by atoms with Gasteiger partial charge in [0, 0.05) is 24.0 Å². The number of carbonyl (C=O) groups excluding carboxylic acids is 1. The fourth-order valence-electron chi connectivity index (χ4n) is 2.40. The van der Waals surface area contributed by atoms with Crippen molar-refractivity contribution in [2.24, 2.45) is 0 Å². The van der Waals surface area contributed by atoms with Gasteiger partial charge in [-0.2, -0.15) is 13.2 Å². The molecule has 1 aliphatic carbocycles. The Labute approximate surface area is 134 Å². The molecule has 2 N–H and O–H groups in total. The van der Waals surface area contributed by atoms with Crippen molar-refractivity contribution >= 4 is 11.6 Å². The molecule has 1 heterocycles. The van der Waals surface area contributed by atoms with Crippen LogP contribution in [0.3, 0.4) is 0 Å². The lowest BCUT2D eigenvalue weighted by Gasteiger charge is -2.14. The second kappa shape index (κ2) is 5.77. The minimum atomic E-state index is -4.94. The lowest BCUT2D eigenvalue weighted by atomic mass is 10.1. The number of carbonyl (C=O) groups is 1. The van der Waals surface area contributed by atoms with E-state index in [-0.39, 0.29) is 11.5 Å². The number of alkyl halides is 3. The molecule has 0 radical (unpaired) electrons. The van der Waals surface area contributed by atoms with Crippen LogP contribution in [-0.2, 0) is 6.18 Å². The van der Waals surface area contributed by atoms with Gasteiger partial charge in [-0.25, -0.2) is 4.39 Å². The van der Waals surface area contributed by atoms with E-state index in [1.165, 1.54) is 18.5 Å². The highest BCUT2D eigenvalue weighted by Crippen LogP contribution is 2.42. The summed E-state index contributed by atoms with van der Waals surface area (Å²) in [6.07, 6.45) is -0.185. The highest BCUT2D eigenvalue weighted by molar-refractivity contribution is 6.06. The zero-order valence-corrected chi connectivity index (χ0v) is 12.2. The third-order valence-electron chi connectivity index (χ3n) is 3.75. The van der Waals surface area contributed by atoms with Crippen LogP contribution in [0.1, 0.15) is 40.2 Å². The maximum absolute atomic E-state index is 13.4. The normalized spacial score (nSPS) is 14.5. The number of aromatic nitrogens is 1. The number of hydrogen-bond donors (Lipinski definition) is 2. The summed E-state index contributed by atoms with van der Waals surface area (Å²) in [5, 5.41) is 11.8.